The zero-order valence-electron chi connectivity index (χ0n) is 35.6. The fourth-order valence-corrected chi connectivity index (χ4v) is 13.6. The second-order valence-electron chi connectivity index (χ2n) is 19.2. The first-order valence-corrected chi connectivity index (χ1v) is 23.7. The van der Waals surface area contributed by atoms with Gasteiger partial charge in [-0.3, -0.25) is 0 Å². The van der Waals surface area contributed by atoms with Gasteiger partial charge in [0.2, 0.25) is 0 Å². The van der Waals surface area contributed by atoms with Gasteiger partial charge in [-0.15, -0.1) is 0 Å². The summed E-state index contributed by atoms with van der Waals surface area (Å²) in [5, 5.41) is 0. The molecule has 7 aliphatic rings. The summed E-state index contributed by atoms with van der Waals surface area (Å²) in [4.78, 5) is 7.73. The first-order valence-electron chi connectivity index (χ1n) is 22.8. The SMILES string of the molecule is CC1(C)c2cc(/C=C/c3ccc4c(c3)C3(Cc5ccccc5C3)c3cc(N5c6ccccc6Sc6ccccc65)ccc3-4)ccc2C2C=CC(N3CCCC4=C3CCC=C4)=CC21. The molecule has 0 fully saturated rings. The second-order valence-corrected chi connectivity index (χ2v) is 20.3. The van der Waals surface area contributed by atoms with Crippen molar-refractivity contribution in [1.29, 1.82) is 0 Å². The van der Waals surface area contributed by atoms with Gasteiger partial charge in [-0.1, -0.05) is 153 Å². The number of benzene rings is 6. The summed E-state index contributed by atoms with van der Waals surface area (Å²) < 4.78 is 0. The molecule has 0 saturated carbocycles. The normalized spacial score (nSPS) is 21.5. The lowest BCUT2D eigenvalue weighted by molar-refractivity contribution is 0.351. The molecule has 3 heteroatoms. The molecule has 2 aliphatic heterocycles. The minimum Gasteiger partial charge on any atom is -0.345 e. The first-order chi connectivity index (χ1) is 30.4. The molecule has 0 N–H and O–H groups in total. The van der Waals surface area contributed by atoms with Gasteiger partial charge in [0.1, 0.15) is 0 Å². The van der Waals surface area contributed by atoms with E-state index < -0.39 is 0 Å². The molecule has 1 spiro atoms. The van der Waals surface area contributed by atoms with E-state index in [1.54, 1.807) is 11.3 Å². The van der Waals surface area contributed by atoms with Crippen LogP contribution in [0.3, 0.4) is 0 Å². The van der Waals surface area contributed by atoms with Crippen LogP contribution in [0.1, 0.15) is 90.0 Å². The van der Waals surface area contributed by atoms with Crippen LogP contribution in [0.5, 0.6) is 0 Å². The van der Waals surface area contributed by atoms with Gasteiger partial charge in [0.25, 0.3) is 0 Å². The van der Waals surface area contributed by atoms with Crippen LogP contribution in [0.4, 0.5) is 17.1 Å². The van der Waals surface area contributed by atoms with Gasteiger partial charge in [0, 0.05) is 44.8 Å². The van der Waals surface area contributed by atoms with Crippen molar-refractivity contribution in [2.24, 2.45) is 5.92 Å². The van der Waals surface area contributed by atoms with E-state index in [4.69, 9.17) is 0 Å². The van der Waals surface area contributed by atoms with Crippen molar-refractivity contribution in [1.82, 2.24) is 4.90 Å². The molecule has 302 valence electrons. The third-order valence-corrected chi connectivity index (χ3v) is 16.6. The van der Waals surface area contributed by atoms with Gasteiger partial charge < -0.3 is 9.80 Å². The molecule has 2 nitrogen and oxygen atoms in total. The van der Waals surface area contributed by atoms with E-state index in [1.165, 1.54) is 107 Å². The first kappa shape index (κ1) is 36.6. The Morgan fingerprint density at radius 2 is 1.32 bits per heavy atom. The number of nitrogens with zero attached hydrogens (tertiary/aromatic N) is 2. The van der Waals surface area contributed by atoms with E-state index in [-0.39, 0.29) is 10.8 Å². The highest BCUT2D eigenvalue weighted by molar-refractivity contribution is 7.99. The fourth-order valence-electron chi connectivity index (χ4n) is 12.5. The Hall–Kier alpha value is -6.03. The lowest BCUT2D eigenvalue weighted by Gasteiger charge is -2.39. The Morgan fingerprint density at radius 3 is 2.08 bits per heavy atom. The van der Waals surface area contributed by atoms with Crippen molar-refractivity contribution >= 4 is 41.0 Å². The molecule has 6 aromatic rings. The van der Waals surface area contributed by atoms with Crippen LogP contribution in [0, 0.1) is 5.92 Å². The smallest absolute Gasteiger partial charge is 0.0601 e. The van der Waals surface area contributed by atoms with Crippen molar-refractivity contribution < 1.29 is 0 Å². The molecular formula is C59H50N2S. The Labute approximate surface area is 370 Å². The monoisotopic (exact) mass is 818 g/mol. The second kappa shape index (κ2) is 13.7. The summed E-state index contributed by atoms with van der Waals surface area (Å²) in [6, 6.07) is 48.7. The van der Waals surface area contributed by atoms with E-state index in [0.29, 0.717) is 11.8 Å². The van der Waals surface area contributed by atoms with Gasteiger partial charge in [0.15, 0.2) is 0 Å². The average Bonchev–Trinajstić information content (AvgIpc) is 3.91. The van der Waals surface area contributed by atoms with Crippen molar-refractivity contribution in [2.45, 2.75) is 78.9 Å². The summed E-state index contributed by atoms with van der Waals surface area (Å²) in [5.41, 5.74) is 22.3. The maximum absolute atomic E-state index is 2.65. The van der Waals surface area contributed by atoms with Gasteiger partial charge in [-0.25, -0.2) is 0 Å². The molecule has 0 saturated heterocycles. The Balaban J connectivity index is 0.843. The van der Waals surface area contributed by atoms with Crippen molar-refractivity contribution in [3.8, 4) is 11.1 Å². The summed E-state index contributed by atoms with van der Waals surface area (Å²) in [5.74, 6) is 0.876. The highest BCUT2D eigenvalue weighted by Crippen LogP contribution is 2.59. The summed E-state index contributed by atoms with van der Waals surface area (Å²) in [6.45, 7) is 6.09. The van der Waals surface area contributed by atoms with Crippen LogP contribution >= 0.6 is 11.8 Å². The summed E-state index contributed by atoms with van der Waals surface area (Å²) >= 11 is 1.87. The molecule has 2 heterocycles. The highest BCUT2D eigenvalue weighted by atomic mass is 32.2. The molecule has 0 bridgehead atoms. The molecule has 0 radical (unpaired) electrons. The number of hydrogen-bond donors (Lipinski definition) is 0. The molecule has 2 atom stereocenters. The third-order valence-electron chi connectivity index (χ3n) is 15.5. The van der Waals surface area contributed by atoms with Crippen LogP contribution in [-0.4, -0.2) is 11.4 Å². The maximum atomic E-state index is 2.65. The minimum atomic E-state index is -0.119. The summed E-state index contributed by atoms with van der Waals surface area (Å²) in [7, 11) is 0. The lowest BCUT2D eigenvalue weighted by Crippen LogP contribution is -2.32. The number of para-hydroxylation sites is 2. The van der Waals surface area contributed by atoms with Crippen molar-refractivity contribution in [3.63, 3.8) is 0 Å². The van der Waals surface area contributed by atoms with Crippen LogP contribution in [-0.2, 0) is 23.7 Å². The average molecular weight is 819 g/mol. The van der Waals surface area contributed by atoms with Gasteiger partial charge in [-0.05, 0) is 154 Å². The van der Waals surface area contributed by atoms with E-state index in [1.807, 2.05) is 11.8 Å². The number of allylic oxidation sites excluding steroid dienone is 7. The van der Waals surface area contributed by atoms with Crippen molar-refractivity contribution in [2.75, 3.05) is 11.4 Å². The van der Waals surface area contributed by atoms with Crippen LogP contribution in [0.15, 0.2) is 185 Å². The molecule has 6 aromatic carbocycles. The predicted octanol–water partition coefficient (Wildman–Crippen LogP) is 15.0. The Bertz CT molecular complexity index is 2970. The van der Waals surface area contributed by atoms with Crippen LogP contribution in [0.25, 0.3) is 23.3 Å². The molecule has 2 unspecified atom stereocenters. The van der Waals surface area contributed by atoms with Gasteiger partial charge in [0.05, 0.1) is 11.4 Å². The summed E-state index contributed by atoms with van der Waals surface area (Å²) in [6.07, 6.45) is 23.9. The highest BCUT2D eigenvalue weighted by Gasteiger charge is 2.48. The Morgan fingerprint density at radius 1 is 0.661 bits per heavy atom. The number of rotatable bonds is 4. The molecule has 0 aromatic heterocycles. The van der Waals surface area contributed by atoms with Crippen molar-refractivity contribution in [3.05, 3.63) is 219 Å². The maximum Gasteiger partial charge on any atom is 0.0601 e. The molecular weight excluding hydrogens is 769 g/mol. The molecule has 13 rings (SSSR count). The van der Waals surface area contributed by atoms with Gasteiger partial charge in [-0.2, -0.15) is 0 Å². The zero-order chi connectivity index (χ0) is 41.2. The fraction of sp³-hybridized carbons (Fsp3) is 0.220. The molecule has 5 aliphatic carbocycles. The largest absolute Gasteiger partial charge is 0.345 e. The van der Waals surface area contributed by atoms with E-state index in [2.05, 4.69) is 194 Å². The van der Waals surface area contributed by atoms with E-state index in [0.717, 1.165) is 25.8 Å². The number of anilines is 3. The third kappa shape index (κ3) is 5.43. The van der Waals surface area contributed by atoms with Crippen LogP contribution in [0.2, 0.25) is 0 Å². The zero-order valence-corrected chi connectivity index (χ0v) is 36.4. The lowest BCUT2D eigenvalue weighted by atomic mass is 9.73. The molecule has 0 amide bonds. The number of hydrogen-bond acceptors (Lipinski definition) is 3. The quantitative estimate of drug-likeness (QED) is 0.163. The number of fused-ring (bicyclic) bond motifs is 11. The topological polar surface area (TPSA) is 6.48 Å². The van der Waals surface area contributed by atoms with Crippen LogP contribution < -0.4 is 4.90 Å². The predicted molar refractivity (Wildman–Crippen MR) is 259 cm³/mol. The minimum absolute atomic E-state index is 0.0403. The Kier molecular flexibility index (Phi) is 8.11. The van der Waals surface area contributed by atoms with Gasteiger partial charge >= 0.3 is 0 Å². The standard InChI is InChI=1S/C59H50N2S/c1-58(2)49-32-38(23-27-45(49)46-29-25-43(34-50(46)58)60-31-11-15-40-12-5-6-16-53(40)60)21-22-39-24-28-47-48-30-26-44(61-54-17-7-9-19-56(54)62-57-20-10-8-18-55(57)61)35-52(48)59(51(47)33-39)36-41-13-3-4-14-42(41)37-59/h3-5,7-10,12-14,17-30,32-35,46,50H,6,11,15-16,31,36-37H2,1-2H3/b22-21+. The van der Waals surface area contributed by atoms with E-state index in [9.17, 15) is 0 Å². The van der Waals surface area contributed by atoms with E-state index >= 15 is 0 Å². The molecule has 62 heavy (non-hydrogen) atoms.